The zero-order valence-electron chi connectivity index (χ0n) is 25.7. The Hall–Kier alpha value is -6.45. The Morgan fingerprint density at radius 2 is 0.938 bits per heavy atom. The van der Waals surface area contributed by atoms with Crippen molar-refractivity contribution >= 4 is 87.1 Å². The smallest absolute Gasteiger partial charge is 0.147 e. The summed E-state index contributed by atoms with van der Waals surface area (Å²) in [6, 6.07) is 53.6. The molecule has 0 fully saturated rings. The summed E-state index contributed by atoms with van der Waals surface area (Å²) in [6.45, 7) is 0. The van der Waals surface area contributed by atoms with Crippen molar-refractivity contribution in [3.63, 3.8) is 0 Å². The SMILES string of the molecule is c1ccc2c(-c3c4ccccc4c(-c4nc5cc6c(cc5c5oc7ccccc7c45)oc4ccccc46)c4ccccc34)cccc2c1. The number of para-hydroxylation sites is 2. The number of hydrogen-bond donors (Lipinski definition) is 0. The van der Waals surface area contributed by atoms with Gasteiger partial charge in [-0.1, -0.05) is 127 Å². The molecule has 0 bridgehead atoms. The van der Waals surface area contributed by atoms with Crippen molar-refractivity contribution in [1.29, 1.82) is 0 Å². The summed E-state index contributed by atoms with van der Waals surface area (Å²) in [5.41, 5.74) is 8.74. The van der Waals surface area contributed by atoms with Gasteiger partial charge in [0.2, 0.25) is 0 Å². The fraction of sp³-hybridized carbons (Fsp3) is 0. The highest BCUT2D eigenvalue weighted by Gasteiger charge is 2.24. The van der Waals surface area contributed by atoms with Gasteiger partial charge in [0.1, 0.15) is 22.3 Å². The number of nitrogens with zero attached hydrogens (tertiary/aromatic N) is 1. The molecule has 3 heterocycles. The number of benzene rings is 8. The van der Waals surface area contributed by atoms with Crippen molar-refractivity contribution < 1.29 is 8.83 Å². The van der Waals surface area contributed by atoms with Crippen molar-refractivity contribution in [3.05, 3.63) is 152 Å². The van der Waals surface area contributed by atoms with Crippen LogP contribution < -0.4 is 0 Å². The molecule has 0 saturated heterocycles. The molecule has 0 radical (unpaired) electrons. The lowest BCUT2D eigenvalue weighted by atomic mass is 9.85. The van der Waals surface area contributed by atoms with E-state index >= 15 is 0 Å². The van der Waals surface area contributed by atoms with Crippen LogP contribution >= 0.6 is 0 Å². The van der Waals surface area contributed by atoms with Crippen molar-refractivity contribution in [2.75, 3.05) is 0 Å². The van der Waals surface area contributed by atoms with Crippen LogP contribution in [0.2, 0.25) is 0 Å². The normalized spacial score (nSPS) is 12.2. The number of hydrogen-bond acceptors (Lipinski definition) is 3. The maximum atomic E-state index is 6.73. The molecule has 0 atom stereocenters. The standard InChI is InChI=1S/C45H25NO2/c1-2-14-27-26(12-1)13-11-21-29(27)41-30-16-3-5-18-32(30)42(33-19-6-4-17-31(33)41)44-43-34-20-8-10-23-39(34)48-45(43)36-25-40-35(24-37(36)46-44)28-15-7-9-22-38(28)47-40/h1-25H. The highest BCUT2D eigenvalue weighted by Crippen LogP contribution is 2.48. The first kappa shape index (κ1) is 25.7. The molecule has 8 aromatic carbocycles. The molecular formula is C45H25NO2. The van der Waals surface area contributed by atoms with E-state index in [4.69, 9.17) is 13.8 Å². The highest BCUT2D eigenvalue weighted by atomic mass is 16.3. The third-order valence-corrected chi connectivity index (χ3v) is 10.0. The molecule has 0 unspecified atom stereocenters. The van der Waals surface area contributed by atoms with E-state index in [0.29, 0.717) is 0 Å². The minimum absolute atomic E-state index is 0.824. The van der Waals surface area contributed by atoms with Gasteiger partial charge in [-0.3, -0.25) is 0 Å². The van der Waals surface area contributed by atoms with E-state index in [0.717, 1.165) is 76.8 Å². The second kappa shape index (κ2) is 9.54. The Labute approximate surface area is 274 Å². The first-order valence-corrected chi connectivity index (χ1v) is 16.3. The molecule has 0 aliphatic heterocycles. The van der Waals surface area contributed by atoms with Crippen LogP contribution in [-0.2, 0) is 0 Å². The van der Waals surface area contributed by atoms with Crippen LogP contribution in [0.4, 0.5) is 0 Å². The molecule has 3 aromatic heterocycles. The van der Waals surface area contributed by atoms with Gasteiger partial charge in [-0.05, 0) is 67.7 Å². The first-order valence-electron chi connectivity index (χ1n) is 16.3. The van der Waals surface area contributed by atoms with Gasteiger partial charge in [0.05, 0.1) is 16.6 Å². The first-order chi connectivity index (χ1) is 23.8. The average Bonchev–Trinajstić information content (AvgIpc) is 3.71. The molecule has 0 spiro atoms. The number of pyridine rings is 1. The van der Waals surface area contributed by atoms with Crippen molar-refractivity contribution in [2.24, 2.45) is 0 Å². The van der Waals surface area contributed by atoms with Gasteiger partial charge >= 0.3 is 0 Å². The number of fused-ring (bicyclic) bond motifs is 11. The molecule has 11 rings (SSSR count). The Kier molecular flexibility index (Phi) is 5.11. The Morgan fingerprint density at radius 1 is 0.375 bits per heavy atom. The quantitative estimate of drug-likeness (QED) is 0.183. The third kappa shape index (κ3) is 3.45. The number of furan rings is 2. The summed E-state index contributed by atoms with van der Waals surface area (Å²) in [6.07, 6.45) is 0. The Balaban J connectivity index is 1.34. The lowest BCUT2D eigenvalue weighted by Gasteiger charge is -2.19. The Morgan fingerprint density at radius 3 is 1.67 bits per heavy atom. The Bertz CT molecular complexity index is 3060. The average molecular weight is 612 g/mol. The van der Waals surface area contributed by atoms with Crippen LogP contribution in [0.25, 0.3) is 109 Å². The third-order valence-electron chi connectivity index (χ3n) is 10.0. The zero-order chi connectivity index (χ0) is 31.3. The molecule has 0 saturated carbocycles. The lowest BCUT2D eigenvalue weighted by Crippen LogP contribution is -1.94. The van der Waals surface area contributed by atoms with Crippen LogP contribution in [-0.4, -0.2) is 4.98 Å². The van der Waals surface area contributed by atoms with E-state index in [9.17, 15) is 0 Å². The maximum Gasteiger partial charge on any atom is 0.147 e. The summed E-state index contributed by atoms with van der Waals surface area (Å²) in [7, 11) is 0. The lowest BCUT2D eigenvalue weighted by molar-refractivity contribution is 0.666. The van der Waals surface area contributed by atoms with Gasteiger partial charge in [-0.15, -0.1) is 0 Å². The van der Waals surface area contributed by atoms with Crippen LogP contribution in [0, 0.1) is 0 Å². The molecule has 0 aliphatic carbocycles. The van der Waals surface area contributed by atoms with E-state index in [2.05, 4.69) is 127 Å². The molecule has 0 amide bonds. The zero-order valence-corrected chi connectivity index (χ0v) is 25.7. The minimum atomic E-state index is 0.824. The largest absolute Gasteiger partial charge is 0.456 e. The van der Waals surface area contributed by atoms with Crippen molar-refractivity contribution in [3.8, 4) is 22.4 Å². The van der Waals surface area contributed by atoms with Gasteiger partial charge in [0.25, 0.3) is 0 Å². The molecule has 0 N–H and O–H groups in total. The summed E-state index contributed by atoms with van der Waals surface area (Å²) in [4.78, 5) is 5.58. The van der Waals surface area contributed by atoms with E-state index < -0.39 is 0 Å². The number of aromatic nitrogens is 1. The topological polar surface area (TPSA) is 39.2 Å². The predicted molar refractivity (Wildman–Crippen MR) is 200 cm³/mol. The summed E-state index contributed by atoms with van der Waals surface area (Å²) >= 11 is 0. The van der Waals surface area contributed by atoms with E-state index in [1.165, 1.54) is 32.7 Å². The summed E-state index contributed by atoms with van der Waals surface area (Å²) < 4.78 is 13.1. The molecule has 3 heteroatoms. The molecule has 0 aliphatic rings. The monoisotopic (exact) mass is 611 g/mol. The van der Waals surface area contributed by atoms with Crippen LogP contribution in [0.5, 0.6) is 0 Å². The van der Waals surface area contributed by atoms with Crippen molar-refractivity contribution in [2.45, 2.75) is 0 Å². The fourth-order valence-corrected chi connectivity index (χ4v) is 7.98. The summed E-state index contributed by atoms with van der Waals surface area (Å²) in [5.74, 6) is 0. The van der Waals surface area contributed by atoms with E-state index in [1.807, 2.05) is 24.3 Å². The second-order valence-corrected chi connectivity index (χ2v) is 12.6. The molecule has 48 heavy (non-hydrogen) atoms. The van der Waals surface area contributed by atoms with Gasteiger partial charge in [-0.25, -0.2) is 4.98 Å². The maximum absolute atomic E-state index is 6.73. The minimum Gasteiger partial charge on any atom is -0.456 e. The van der Waals surface area contributed by atoms with Gasteiger partial charge in [0.15, 0.2) is 0 Å². The van der Waals surface area contributed by atoms with E-state index in [1.54, 1.807) is 0 Å². The van der Waals surface area contributed by atoms with Crippen molar-refractivity contribution in [1.82, 2.24) is 4.98 Å². The summed E-state index contributed by atoms with van der Waals surface area (Å²) in [5, 5.41) is 12.3. The molecule has 11 aromatic rings. The van der Waals surface area contributed by atoms with Crippen LogP contribution in [0.3, 0.4) is 0 Å². The van der Waals surface area contributed by atoms with E-state index in [-0.39, 0.29) is 0 Å². The molecular weight excluding hydrogens is 587 g/mol. The van der Waals surface area contributed by atoms with Gasteiger partial charge < -0.3 is 8.83 Å². The highest BCUT2D eigenvalue weighted by molar-refractivity contribution is 6.29. The molecule has 222 valence electrons. The molecule has 3 nitrogen and oxygen atoms in total. The fourth-order valence-electron chi connectivity index (χ4n) is 7.98. The van der Waals surface area contributed by atoms with Gasteiger partial charge in [-0.2, -0.15) is 0 Å². The predicted octanol–water partition coefficient (Wildman–Crippen LogP) is 12.8. The second-order valence-electron chi connectivity index (χ2n) is 12.6. The van der Waals surface area contributed by atoms with Gasteiger partial charge in [0, 0.05) is 27.1 Å². The van der Waals surface area contributed by atoms with Crippen LogP contribution in [0.15, 0.2) is 160 Å². The number of rotatable bonds is 2. The van der Waals surface area contributed by atoms with Crippen LogP contribution in [0.1, 0.15) is 0 Å².